The molecule has 8 heteroatoms. The van der Waals surface area contributed by atoms with E-state index in [0.717, 1.165) is 13.1 Å². The highest BCUT2D eigenvalue weighted by Gasteiger charge is 2.38. The van der Waals surface area contributed by atoms with Gasteiger partial charge in [-0.3, -0.25) is 0 Å². The molecule has 1 aromatic heterocycles. The Morgan fingerprint density at radius 3 is 2.47 bits per heavy atom. The molecule has 0 fully saturated rings. The fraction of sp³-hybridized carbons (Fsp3) is 0.429. The third-order valence-corrected chi connectivity index (χ3v) is 3.24. The predicted molar refractivity (Wildman–Crippen MR) is 46.6 cm³/mol. The van der Waals surface area contributed by atoms with Crippen molar-refractivity contribution >= 4 is 10.0 Å². The van der Waals surface area contributed by atoms with Gasteiger partial charge in [-0.05, 0) is 13.0 Å². The number of H-pyrrole nitrogens is 1. The molecule has 0 aliphatic heterocycles. The Morgan fingerprint density at radius 2 is 2.07 bits per heavy atom. The predicted octanol–water partition coefficient (Wildman–Crippen LogP) is 1.24. The van der Waals surface area contributed by atoms with Crippen LogP contribution in [0.2, 0.25) is 0 Å². The number of rotatable bonds is 3. The summed E-state index contributed by atoms with van der Waals surface area (Å²) >= 11 is 0. The van der Waals surface area contributed by atoms with Crippen molar-refractivity contribution in [2.75, 3.05) is 0 Å². The first kappa shape index (κ1) is 12.1. The molecule has 2 N–H and O–H groups in total. The minimum absolute atomic E-state index is 0.224. The zero-order valence-electron chi connectivity index (χ0n) is 7.67. The van der Waals surface area contributed by atoms with Crippen LogP contribution in [0.5, 0.6) is 0 Å². The standard InChI is InChI=1S/C7H9F3N2O2S/c1-5(7(8,9)10)12-15(13,14)6-2-3-11-4-6/h2-5,11-12H,1H3/t5-/m1/s1. The van der Waals surface area contributed by atoms with Gasteiger partial charge < -0.3 is 4.98 Å². The Kier molecular flexibility index (Phi) is 3.10. The summed E-state index contributed by atoms with van der Waals surface area (Å²) in [6.07, 6.45) is -2.18. The largest absolute Gasteiger partial charge is 0.404 e. The Hall–Kier alpha value is -1.02. The lowest BCUT2D eigenvalue weighted by Crippen LogP contribution is -2.42. The van der Waals surface area contributed by atoms with E-state index in [2.05, 4.69) is 4.98 Å². The average Bonchev–Trinajstić information content (AvgIpc) is 2.52. The van der Waals surface area contributed by atoms with Crippen molar-refractivity contribution in [1.82, 2.24) is 9.71 Å². The molecular formula is C7H9F3N2O2S. The van der Waals surface area contributed by atoms with Gasteiger partial charge in [-0.25, -0.2) is 8.42 Å². The third-order valence-electron chi connectivity index (χ3n) is 1.70. The van der Waals surface area contributed by atoms with E-state index in [4.69, 9.17) is 0 Å². The van der Waals surface area contributed by atoms with Crippen LogP contribution in [0.3, 0.4) is 0 Å². The number of halogens is 3. The Balaban J connectivity index is 2.84. The molecule has 0 spiro atoms. The summed E-state index contributed by atoms with van der Waals surface area (Å²) in [4.78, 5) is 2.22. The van der Waals surface area contributed by atoms with Crippen LogP contribution in [-0.2, 0) is 10.0 Å². The summed E-state index contributed by atoms with van der Waals surface area (Å²) in [6.45, 7) is 0.740. The Bertz CT molecular complexity index is 410. The highest BCUT2D eigenvalue weighted by Crippen LogP contribution is 2.21. The number of hydrogen-bond acceptors (Lipinski definition) is 2. The van der Waals surface area contributed by atoms with Crippen LogP contribution < -0.4 is 4.72 Å². The van der Waals surface area contributed by atoms with Gasteiger partial charge in [0.1, 0.15) is 6.04 Å². The van der Waals surface area contributed by atoms with Gasteiger partial charge in [-0.15, -0.1) is 0 Å². The summed E-state index contributed by atoms with van der Waals surface area (Å²) in [6, 6.07) is -0.941. The van der Waals surface area contributed by atoms with Crippen molar-refractivity contribution in [2.24, 2.45) is 0 Å². The van der Waals surface area contributed by atoms with Crippen LogP contribution in [0, 0.1) is 0 Å². The molecule has 1 heterocycles. The van der Waals surface area contributed by atoms with E-state index in [-0.39, 0.29) is 4.90 Å². The molecule has 0 amide bonds. The highest BCUT2D eigenvalue weighted by atomic mass is 32.2. The maximum atomic E-state index is 12.1. The van der Waals surface area contributed by atoms with E-state index in [1.54, 1.807) is 0 Å². The topological polar surface area (TPSA) is 62.0 Å². The molecule has 0 unspecified atom stereocenters. The van der Waals surface area contributed by atoms with Crippen molar-refractivity contribution < 1.29 is 21.6 Å². The van der Waals surface area contributed by atoms with E-state index in [1.807, 2.05) is 0 Å². The molecule has 0 saturated heterocycles. The summed E-state index contributed by atoms with van der Waals surface area (Å²) < 4.78 is 60.4. The number of aromatic amines is 1. The summed E-state index contributed by atoms with van der Waals surface area (Å²) in [5.74, 6) is 0. The molecule has 0 aliphatic carbocycles. The average molecular weight is 242 g/mol. The number of nitrogens with one attached hydrogen (secondary N) is 2. The fourth-order valence-corrected chi connectivity index (χ4v) is 2.05. The van der Waals surface area contributed by atoms with Crippen LogP contribution in [0.15, 0.2) is 23.4 Å². The second kappa shape index (κ2) is 3.86. The Labute approximate surface area is 84.5 Å². The second-order valence-corrected chi connectivity index (χ2v) is 4.65. The van der Waals surface area contributed by atoms with E-state index < -0.39 is 22.2 Å². The van der Waals surface area contributed by atoms with Crippen LogP contribution in [0.1, 0.15) is 6.92 Å². The molecular weight excluding hydrogens is 233 g/mol. The van der Waals surface area contributed by atoms with Crippen LogP contribution in [0.25, 0.3) is 0 Å². The summed E-state index contributed by atoms with van der Waals surface area (Å²) in [5, 5.41) is 0. The first-order valence-electron chi connectivity index (χ1n) is 3.95. The highest BCUT2D eigenvalue weighted by molar-refractivity contribution is 7.89. The van der Waals surface area contributed by atoms with Gasteiger partial charge in [0, 0.05) is 12.4 Å². The summed E-state index contributed by atoms with van der Waals surface area (Å²) in [7, 11) is -4.10. The molecule has 0 saturated carbocycles. The minimum atomic E-state index is -4.59. The molecule has 1 aromatic rings. The minimum Gasteiger partial charge on any atom is -0.366 e. The van der Waals surface area contributed by atoms with Crippen molar-refractivity contribution in [3.8, 4) is 0 Å². The van der Waals surface area contributed by atoms with Gasteiger partial charge in [-0.1, -0.05) is 0 Å². The summed E-state index contributed by atoms with van der Waals surface area (Å²) in [5.41, 5.74) is 0. The molecule has 0 radical (unpaired) electrons. The number of aromatic nitrogens is 1. The smallest absolute Gasteiger partial charge is 0.366 e. The molecule has 1 atom stereocenters. The van der Waals surface area contributed by atoms with E-state index in [0.29, 0.717) is 0 Å². The van der Waals surface area contributed by atoms with Gasteiger partial charge in [0.15, 0.2) is 0 Å². The molecule has 0 bridgehead atoms. The lowest BCUT2D eigenvalue weighted by Gasteiger charge is -2.16. The van der Waals surface area contributed by atoms with Gasteiger partial charge in [-0.2, -0.15) is 17.9 Å². The van der Waals surface area contributed by atoms with Gasteiger partial charge in [0.25, 0.3) is 0 Å². The van der Waals surface area contributed by atoms with Crippen LogP contribution in [-0.4, -0.2) is 25.6 Å². The van der Waals surface area contributed by atoms with Crippen molar-refractivity contribution in [2.45, 2.75) is 24.0 Å². The molecule has 15 heavy (non-hydrogen) atoms. The normalized spacial score (nSPS) is 15.2. The van der Waals surface area contributed by atoms with E-state index in [1.165, 1.54) is 17.0 Å². The van der Waals surface area contributed by atoms with E-state index >= 15 is 0 Å². The van der Waals surface area contributed by atoms with Gasteiger partial charge in [0.05, 0.1) is 4.90 Å². The van der Waals surface area contributed by atoms with Crippen molar-refractivity contribution in [1.29, 1.82) is 0 Å². The number of alkyl halides is 3. The monoisotopic (exact) mass is 242 g/mol. The third kappa shape index (κ3) is 2.96. The maximum absolute atomic E-state index is 12.1. The maximum Gasteiger partial charge on any atom is 0.404 e. The molecule has 0 aliphatic rings. The molecule has 0 aromatic carbocycles. The first-order chi connectivity index (χ1) is 6.73. The molecule has 4 nitrogen and oxygen atoms in total. The zero-order chi connectivity index (χ0) is 11.7. The molecule has 86 valence electrons. The lowest BCUT2D eigenvalue weighted by atomic mass is 10.4. The van der Waals surface area contributed by atoms with E-state index in [9.17, 15) is 21.6 Å². The number of hydrogen-bond donors (Lipinski definition) is 2. The quantitative estimate of drug-likeness (QED) is 0.837. The van der Waals surface area contributed by atoms with Crippen molar-refractivity contribution in [3.05, 3.63) is 18.5 Å². The second-order valence-electron chi connectivity index (χ2n) is 2.93. The van der Waals surface area contributed by atoms with Gasteiger partial charge >= 0.3 is 6.18 Å². The molecule has 1 rings (SSSR count). The van der Waals surface area contributed by atoms with Crippen LogP contribution in [0.4, 0.5) is 13.2 Å². The first-order valence-corrected chi connectivity index (χ1v) is 5.43. The SMILES string of the molecule is C[C@@H](NS(=O)(=O)c1cc[nH]c1)C(F)(F)F. The number of sulfonamides is 1. The Morgan fingerprint density at radius 1 is 1.47 bits per heavy atom. The van der Waals surface area contributed by atoms with Crippen LogP contribution >= 0.6 is 0 Å². The van der Waals surface area contributed by atoms with Gasteiger partial charge in [0.2, 0.25) is 10.0 Å². The lowest BCUT2D eigenvalue weighted by molar-refractivity contribution is -0.147. The zero-order valence-corrected chi connectivity index (χ0v) is 8.48. The fourth-order valence-electron chi connectivity index (χ4n) is 0.843. The van der Waals surface area contributed by atoms with Crippen molar-refractivity contribution in [3.63, 3.8) is 0 Å².